The largest absolute Gasteiger partial charge is 0.334 e. The molecule has 1 aliphatic heterocycles. The van der Waals surface area contributed by atoms with Crippen LogP contribution in [-0.2, 0) is 11.3 Å². The SMILES string of the molecule is CCC1(C(=O)N(Cc2ccccn2)C(C)C)CCNCC1. The van der Waals surface area contributed by atoms with E-state index in [-0.39, 0.29) is 11.5 Å². The molecule has 0 unspecified atom stereocenters. The van der Waals surface area contributed by atoms with Crippen molar-refractivity contribution in [3.8, 4) is 0 Å². The van der Waals surface area contributed by atoms with Gasteiger partial charge in [0, 0.05) is 12.2 Å². The second-order valence-corrected chi connectivity index (χ2v) is 6.23. The van der Waals surface area contributed by atoms with Gasteiger partial charge in [-0.2, -0.15) is 0 Å². The minimum Gasteiger partial charge on any atom is -0.334 e. The molecular weight excluding hydrogens is 262 g/mol. The average molecular weight is 289 g/mol. The van der Waals surface area contributed by atoms with Crippen LogP contribution in [0.25, 0.3) is 0 Å². The van der Waals surface area contributed by atoms with Gasteiger partial charge in [0.25, 0.3) is 0 Å². The van der Waals surface area contributed by atoms with Crippen LogP contribution in [0.4, 0.5) is 0 Å². The van der Waals surface area contributed by atoms with Gasteiger partial charge in [0.2, 0.25) is 5.91 Å². The van der Waals surface area contributed by atoms with E-state index < -0.39 is 0 Å². The Bertz CT molecular complexity index is 452. The molecule has 4 heteroatoms. The summed E-state index contributed by atoms with van der Waals surface area (Å²) in [5.41, 5.74) is 0.768. The third kappa shape index (κ3) is 3.62. The van der Waals surface area contributed by atoms with Crippen molar-refractivity contribution in [2.24, 2.45) is 5.41 Å². The molecule has 116 valence electrons. The zero-order chi connectivity index (χ0) is 15.3. The Morgan fingerprint density at radius 3 is 2.62 bits per heavy atom. The lowest BCUT2D eigenvalue weighted by Gasteiger charge is -2.41. The molecule has 0 radical (unpaired) electrons. The fourth-order valence-electron chi connectivity index (χ4n) is 3.08. The predicted molar refractivity (Wildman–Crippen MR) is 84.8 cm³/mol. The lowest BCUT2D eigenvalue weighted by atomic mass is 9.75. The number of carbonyl (C=O) groups excluding carboxylic acids is 1. The Morgan fingerprint density at radius 2 is 2.10 bits per heavy atom. The minimum absolute atomic E-state index is 0.190. The molecule has 1 aromatic heterocycles. The summed E-state index contributed by atoms with van der Waals surface area (Å²) in [5.74, 6) is 0.298. The van der Waals surface area contributed by atoms with E-state index in [1.54, 1.807) is 6.20 Å². The molecule has 0 atom stereocenters. The van der Waals surface area contributed by atoms with E-state index in [1.165, 1.54) is 0 Å². The maximum absolute atomic E-state index is 13.2. The molecule has 2 heterocycles. The molecule has 1 aromatic rings. The lowest BCUT2D eigenvalue weighted by Crippen LogP contribution is -2.50. The van der Waals surface area contributed by atoms with Gasteiger partial charge in [-0.1, -0.05) is 13.0 Å². The van der Waals surface area contributed by atoms with Gasteiger partial charge in [-0.15, -0.1) is 0 Å². The molecule has 1 fully saturated rings. The first kappa shape index (κ1) is 16.0. The maximum atomic E-state index is 13.2. The zero-order valence-corrected chi connectivity index (χ0v) is 13.4. The van der Waals surface area contributed by atoms with Crippen molar-refractivity contribution in [1.82, 2.24) is 15.2 Å². The van der Waals surface area contributed by atoms with E-state index in [9.17, 15) is 4.79 Å². The molecule has 1 N–H and O–H groups in total. The predicted octanol–water partition coefficient (Wildman–Crippen LogP) is 2.60. The highest BCUT2D eigenvalue weighted by atomic mass is 16.2. The maximum Gasteiger partial charge on any atom is 0.229 e. The molecule has 1 aliphatic rings. The first-order valence-corrected chi connectivity index (χ1v) is 8.01. The van der Waals surface area contributed by atoms with Crippen molar-refractivity contribution in [1.29, 1.82) is 0 Å². The van der Waals surface area contributed by atoms with Gasteiger partial charge >= 0.3 is 0 Å². The van der Waals surface area contributed by atoms with Crippen LogP contribution in [0.15, 0.2) is 24.4 Å². The van der Waals surface area contributed by atoms with Crippen LogP contribution in [0.5, 0.6) is 0 Å². The Kier molecular flexibility index (Phi) is 5.34. The molecule has 4 nitrogen and oxygen atoms in total. The van der Waals surface area contributed by atoms with Gasteiger partial charge in [-0.25, -0.2) is 0 Å². The van der Waals surface area contributed by atoms with Gasteiger partial charge in [-0.05, 0) is 58.3 Å². The average Bonchev–Trinajstić information content (AvgIpc) is 2.53. The molecule has 1 amide bonds. The first-order chi connectivity index (χ1) is 10.1. The van der Waals surface area contributed by atoms with E-state index >= 15 is 0 Å². The summed E-state index contributed by atoms with van der Waals surface area (Å²) >= 11 is 0. The van der Waals surface area contributed by atoms with Crippen molar-refractivity contribution in [3.63, 3.8) is 0 Å². The number of rotatable bonds is 5. The van der Waals surface area contributed by atoms with Crippen molar-refractivity contribution < 1.29 is 4.79 Å². The third-order valence-electron chi connectivity index (χ3n) is 4.63. The summed E-state index contributed by atoms with van der Waals surface area (Å²) < 4.78 is 0. The van der Waals surface area contributed by atoms with Gasteiger partial charge in [-0.3, -0.25) is 9.78 Å². The van der Waals surface area contributed by atoms with Crippen molar-refractivity contribution >= 4 is 5.91 Å². The van der Waals surface area contributed by atoms with E-state index in [4.69, 9.17) is 0 Å². The van der Waals surface area contributed by atoms with E-state index in [0.29, 0.717) is 12.5 Å². The van der Waals surface area contributed by atoms with Crippen LogP contribution >= 0.6 is 0 Å². The van der Waals surface area contributed by atoms with Crippen LogP contribution in [-0.4, -0.2) is 34.9 Å². The summed E-state index contributed by atoms with van der Waals surface area (Å²) in [6.07, 6.45) is 4.58. The molecule has 0 aliphatic carbocycles. The summed E-state index contributed by atoms with van der Waals surface area (Å²) in [7, 11) is 0. The van der Waals surface area contributed by atoms with Gasteiger partial charge in [0.05, 0.1) is 17.7 Å². The van der Waals surface area contributed by atoms with E-state index in [0.717, 1.165) is 38.0 Å². The molecule has 0 spiro atoms. The minimum atomic E-state index is -0.190. The number of amides is 1. The quantitative estimate of drug-likeness (QED) is 0.906. The number of hydrogen-bond donors (Lipinski definition) is 1. The first-order valence-electron chi connectivity index (χ1n) is 8.01. The topological polar surface area (TPSA) is 45.2 Å². The fourth-order valence-corrected chi connectivity index (χ4v) is 3.08. The van der Waals surface area contributed by atoms with Gasteiger partial charge in [0.1, 0.15) is 0 Å². The molecule has 0 bridgehead atoms. The standard InChI is InChI=1S/C17H27N3O/c1-4-17(8-11-18-12-9-17)16(21)20(14(2)3)13-15-7-5-6-10-19-15/h5-7,10,14,18H,4,8-9,11-13H2,1-3H3. The highest BCUT2D eigenvalue weighted by Gasteiger charge is 2.41. The molecule has 0 aromatic carbocycles. The number of aromatic nitrogens is 1. The second kappa shape index (κ2) is 7.03. The summed E-state index contributed by atoms with van der Waals surface area (Å²) in [4.78, 5) is 19.5. The highest BCUT2D eigenvalue weighted by Crippen LogP contribution is 2.35. The summed E-state index contributed by atoms with van der Waals surface area (Å²) in [5, 5.41) is 3.36. The summed E-state index contributed by atoms with van der Waals surface area (Å²) in [6, 6.07) is 6.07. The smallest absolute Gasteiger partial charge is 0.229 e. The number of nitrogens with zero attached hydrogens (tertiary/aromatic N) is 2. The third-order valence-corrected chi connectivity index (χ3v) is 4.63. The normalized spacial score (nSPS) is 17.7. The number of nitrogens with one attached hydrogen (secondary N) is 1. The number of pyridine rings is 1. The van der Waals surface area contributed by atoms with E-state index in [1.807, 2.05) is 23.1 Å². The highest BCUT2D eigenvalue weighted by molar-refractivity contribution is 5.83. The zero-order valence-electron chi connectivity index (χ0n) is 13.4. The molecular formula is C17H27N3O. The Hall–Kier alpha value is -1.42. The molecule has 1 saturated heterocycles. The number of piperidine rings is 1. The van der Waals surface area contributed by atoms with Crippen molar-refractivity contribution in [2.45, 2.75) is 52.6 Å². The van der Waals surface area contributed by atoms with Crippen LogP contribution in [0.3, 0.4) is 0 Å². The molecule has 2 rings (SSSR count). The monoisotopic (exact) mass is 289 g/mol. The van der Waals surface area contributed by atoms with Crippen molar-refractivity contribution in [2.75, 3.05) is 13.1 Å². The number of carbonyl (C=O) groups is 1. The molecule has 0 saturated carbocycles. The Balaban J connectivity index is 2.18. The fraction of sp³-hybridized carbons (Fsp3) is 0.647. The molecule has 21 heavy (non-hydrogen) atoms. The lowest BCUT2D eigenvalue weighted by molar-refractivity contribution is -0.146. The van der Waals surface area contributed by atoms with Crippen LogP contribution in [0.1, 0.15) is 45.7 Å². The second-order valence-electron chi connectivity index (χ2n) is 6.23. The van der Waals surface area contributed by atoms with E-state index in [2.05, 4.69) is 31.1 Å². The number of hydrogen-bond acceptors (Lipinski definition) is 3. The summed E-state index contributed by atoms with van der Waals surface area (Å²) in [6.45, 7) is 8.80. The Labute approximate surface area is 127 Å². The Morgan fingerprint density at radius 1 is 1.38 bits per heavy atom. The van der Waals surface area contributed by atoms with Crippen LogP contribution in [0, 0.1) is 5.41 Å². The van der Waals surface area contributed by atoms with Crippen LogP contribution in [0.2, 0.25) is 0 Å². The van der Waals surface area contributed by atoms with Gasteiger partial charge in [0.15, 0.2) is 0 Å². The van der Waals surface area contributed by atoms with Crippen molar-refractivity contribution in [3.05, 3.63) is 30.1 Å². The van der Waals surface area contributed by atoms with Gasteiger partial charge < -0.3 is 10.2 Å². The van der Waals surface area contributed by atoms with Crippen LogP contribution < -0.4 is 5.32 Å².